The molecule has 0 saturated carbocycles. The predicted molar refractivity (Wildman–Crippen MR) is 25.4 cm³/mol. The first kappa shape index (κ1) is 8.20. The van der Waals surface area contributed by atoms with E-state index >= 15 is 0 Å². The van der Waals surface area contributed by atoms with Gasteiger partial charge in [-0.2, -0.15) is 13.2 Å². The molecule has 0 radical (unpaired) electrons. The highest BCUT2D eigenvalue weighted by Gasteiger charge is 2.31. The highest BCUT2D eigenvalue weighted by molar-refractivity contribution is 5.18. The van der Waals surface area contributed by atoms with Crippen molar-refractivity contribution in [1.29, 1.82) is 0 Å². The maximum atomic E-state index is 11.3. The van der Waals surface area contributed by atoms with Crippen LogP contribution >= 0.6 is 0 Å². The fourth-order valence-electron chi connectivity index (χ4n) is 0.222. The van der Waals surface area contributed by atoms with Crippen LogP contribution in [0.1, 0.15) is 0 Å². The molecule has 0 atom stereocenters. The molecule has 0 aliphatic carbocycles. The van der Waals surface area contributed by atoms with Crippen LogP contribution < -0.4 is 0 Å². The second-order valence-electron chi connectivity index (χ2n) is 1.27. The van der Waals surface area contributed by atoms with Gasteiger partial charge in [0.1, 0.15) is 0 Å². The highest BCUT2D eigenvalue weighted by Crippen LogP contribution is 2.25. The van der Waals surface area contributed by atoms with Crippen LogP contribution in [0.4, 0.5) is 17.6 Å². The van der Waals surface area contributed by atoms with Crippen molar-refractivity contribution in [3.8, 4) is 0 Å². The third-order valence-corrected chi connectivity index (χ3v) is 0.665. The summed E-state index contributed by atoms with van der Waals surface area (Å²) in [5.41, 5.74) is -1.36. The lowest BCUT2D eigenvalue weighted by Gasteiger charge is -2.02. The number of rotatable bonds is 1. The van der Waals surface area contributed by atoms with E-state index in [9.17, 15) is 17.6 Å². The van der Waals surface area contributed by atoms with Crippen molar-refractivity contribution in [3.63, 3.8) is 0 Å². The summed E-state index contributed by atoms with van der Waals surface area (Å²) in [6.45, 7) is 2.77. The fraction of sp³-hybridized carbons (Fsp3) is 0.200. The molecule has 0 spiro atoms. The zero-order valence-electron chi connectivity index (χ0n) is 4.37. The van der Waals surface area contributed by atoms with E-state index in [1.807, 2.05) is 0 Å². The Bertz CT molecular complexity index is 130. The Kier molecular flexibility index (Phi) is 2.42. The van der Waals surface area contributed by atoms with Crippen LogP contribution in [-0.4, -0.2) is 6.18 Å². The van der Waals surface area contributed by atoms with Crippen molar-refractivity contribution in [2.45, 2.75) is 6.18 Å². The Hall–Kier alpha value is -0.800. The molecular formula is C5H4F4. The molecule has 0 aliphatic heterocycles. The third-order valence-electron chi connectivity index (χ3n) is 0.665. The van der Waals surface area contributed by atoms with Gasteiger partial charge >= 0.3 is 6.18 Å². The molecule has 0 aromatic heterocycles. The molecule has 9 heavy (non-hydrogen) atoms. The van der Waals surface area contributed by atoms with E-state index in [0.717, 1.165) is 0 Å². The van der Waals surface area contributed by atoms with Gasteiger partial charge in [-0.3, -0.25) is 0 Å². The maximum absolute atomic E-state index is 11.3. The summed E-state index contributed by atoms with van der Waals surface area (Å²) >= 11 is 0. The Morgan fingerprint density at radius 3 is 1.78 bits per heavy atom. The lowest BCUT2D eigenvalue weighted by molar-refractivity contribution is -0.0890. The molecule has 0 fully saturated rings. The van der Waals surface area contributed by atoms with Gasteiger partial charge in [0.15, 0.2) is 0 Å². The summed E-state index contributed by atoms with van der Waals surface area (Å²) in [5, 5.41) is 0. The number of hydrogen-bond acceptors (Lipinski definition) is 0. The van der Waals surface area contributed by atoms with Gasteiger partial charge in [0, 0.05) is 0 Å². The highest BCUT2D eigenvalue weighted by atomic mass is 19.4. The Morgan fingerprint density at radius 1 is 1.33 bits per heavy atom. The summed E-state index contributed by atoms with van der Waals surface area (Å²) in [5.74, 6) is 0. The average Bonchev–Trinajstić information content (AvgIpc) is 1.65. The molecule has 0 saturated heterocycles. The molecule has 0 aliphatic rings. The first-order valence-electron chi connectivity index (χ1n) is 2.02. The standard InChI is InChI=1S/C5H4F4/c1-2-4(3-6)5(7,8)9/h2-3H,1H2/b4-3-. The van der Waals surface area contributed by atoms with Gasteiger partial charge in [-0.05, 0) is 0 Å². The second kappa shape index (κ2) is 2.66. The summed E-state index contributed by atoms with van der Waals surface area (Å²) < 4.78 is 45.2. The molecule has 0 aromatic rings. The minimum absolute atomic E-state index is 0.417. The van der Waals surface area contributed by atoms with Crippen molar-refractivity contribution in [2.24, 2.45) is 0 Å². The van der Waals surface area contributed by atoms with E-state index in [2.05, 4.69) is 6.58 Å². The first-order valence-corrected chi connectivity index (χ1v) is 2.02. The Labute approximate surface area is 49.5 Å². The largest absolute Gasteiger partial charge is 0.418 e. The van der Waals surface area contributed by atoms with Gasteiger partial charge in [0.05, 0.1) is 11.9 Å². The minimum Gasteiger partial charge on any atom is -0.215 e. The van der Waals surface area contributed by atoms with Gasteiger partial charge in [0.2, 0.25) is 0 Å². The smallest absolute Gasteiger partial charge is 0.215 e. The lowest BCUT2D eigenvalue weighted by Crippen LogP contribution is -2.08. The van der Waals surface area contributed by atoms with Gasteiger partial charge in [-0.15, -0.1) is 0 Å². The quantitative estimate of drug-likeness (QED) is 0.388. The van der Waals surface area contributed by atoms with E-state index in [0.29, 0.717) is 6.08 Å². The SMILES string of the molecule is C=C/C(=C/F)C(F)(F)F. The topological polar surface area (TPSA) is 0 Å². The van der Waals surface area contributed by atoms with Crippen molar-refractivity contribution in [2.75, 3.05) is 0 Å². The summed E-state index contributed by atoms with van der Waals surface area (Å²) in [4.78, 5) is 0. The van der Waals surface area contributed by atoms with E-state index in [4.69, 9.17) is 0 Å². The monoisotopic (exact) mass is 140 g/mol. The first-order chi connectivity index (χ1) is 4.02. The normalized spacial score (nSPS) is 13.6. The predicted octanol–water partition coefficient (Wildman–Crippen LogP) is 2.59. The number of alkyl halides is 3. The van der Waals surface area contributed by atoms with Gasteiger partial charge < -0.3 is 0 Å². The van der Waals surface area contributed by atoms with Crippen molar-refractivity contribution >= 4 is 0 Å². The molecule has 4 heteroatoms. The zero-order valence-corrected chi connectivity index (χ0v) is 4.37. The van der Waals surface area contributed by atoms with E-state index in [1.54, 1.807) is 0 Å². The molecule has 0 heterocycles. The molecule has 0 rings (SSSR count). The second-order valence-corrected chi connectivity index (χ2v) is 1.27. The number of halogens is 4. The Morgan fingerprint density at radius 2 is 1.78 bits per heavy atom. The van der Waals surface area contributed by atoms with E-state index in [-0.39, 0.29) is 0 Å². The average molecular weight is 140 g/mol. The van der Waals surface area contributed by atoms with Gasteiger partial charge in [-0.1, -0.05) is 12.7 Å². The lowest BCUT2D eigenvalue weighted by atomic mass is 10.3. The zero-order chi connectivity index (χ0) is 7.49. The molecule has 0 N–H and O–H groups in total. The summed E-state index contributed by atoms with van der Waals surface area (Å²) in [7, 11) is 0. The summed E-state index contributed by atoms with van der Waals surface area (Å²) in [6, 6.07) is 0. The molecule has 0 amide bonds. The molecule has 52 valence electrons. The number of allylic oxidation sites excluding steroid dienone is 2. The molecule has 0 nitrogen and oxygen atoms in total. The van der Waals surface area contributed by atoms with E-state index in [1.165, 1.54) is 0 Å². The van der Waals surface area contributed by atoms with Crippen LogP contribution in [0.5, 0.6) is 0 Å². The molecule has 0 aromatic carbocycles. The maximum Gasteiger partial charge on any atom is 0.418 e. The fourth-order valence-corrected chi connectivity index (χ4v) is 0.222. The van der Waals surface area contributed by atoms with Crippen LogP contribution in [0.3, 0.4) is 0 Å². The Balaban J connectivity index is 4.32. The van der Waals surface area contributed by atoms with Crippen LogP contribution in [0.25, 0.3) is 0 Å². The number of hydrogen-bond donors (Lipinski definition) is 0. The van der Waals surface area contributed by atoms with E-state index < -0.39 is 18.1 Å². The van der Waals surface area contributed by atoms with Crippen LogP contribution in [0.15, 0.2) is 24.6 Å². The van der Waals surface area contributed by atoms with Gasteiger partial charge in [0.25, 0.3) is 0 Å². The van der Waals surface area contributed by atoms with Crippen molar-refractivity contribution in [1.82, 2.24) is 0 Å². The molecule has 0 bridgehead atoms. The van der Waals surface area contributed by atoms with Gasteiger partial charge in [-0.25, -0.2) is 4.39 Å². The van der Waals surface area contributed by atoms with Crippen molar-refractivity contribution < 1.29 is 17.6 Å². The third kappa shape index (κ3) is 2.30. The van der Waals surface area contributed by atoms with Crippen molar-refractivity contribution in [3.05, 3.63) is 24.6 Å². The van der Waals surface area contributed by atoms with Crippen LogP contribution in [-0.2, 0) is 0 Å². The molecular weight excluding hydrogens is 136 g/mol. The van der Waals surface area contributed by atoms with Crippen LogP contribution in [0.2, 0.25) is 0 Å². The molecule has 0 unspecified atom stereocenters. The minimum atomic E-state index is -4.61. The van der Waals surface area contributed by atoms with Crippen LogP contribution in [0, 0.1) is 0 Å². The summed E-state index contributed by atoms with van der Waals surface area (Å²) in [6.07, 6.45) is -4.72.